The van der Waals surface area contributed by atoms with Crippen molar-refractivity contribution in [2.75, 3.05) is 0 Å². The van der Waals surface area contributed by atoms with Gasteiger partial charge in [0, 0.05) is 0 Å². The molecule has 0 heteroatoms. The molecule has 28 heavy (non-hydrogen) atoms. The number of benzene rings is 1. The predicted octanol–water partition coefficient (Wildman–Crippen LogP) is 7.93. The van der Waals surface area contributed by atoms with Crippen LogP contribution in [0.25, 0.3) is 0 Å². The quantitative estimate of drug-likeness (QED) is 0.441. The van der Waals surface area contributed by atoms with Crippen molar-refractivity contribution in [1.29, 1.82) is 0 Å². The second-order valence-corrected chi connectivity index (χ2v) is 10.3. The first-order valence-electron chi connectivity index (χ1n) is 12.5. The highest BCUT2D eigenvalue weighted by Gasteiger charge is 2.38. The Morgan fingerprint density at radius 2 is 1.68 bits per heavy atom. The van der Waals surface area contributed by atoms with E-state index in [4.69, 9.17) is 0 Å². The molecule has 0 nitrogen and oxygen atoms in total. The first kappa shape index (κ1) is 20.2. The normalized spacial score (nSPS) is 32.9. The van der Waals surface area contributed by atoms with Crippen LogP contribution in [0.5, 0.6) is 0 Å². The second kappa shape index (κ2) is 9.64. The fraction of sp³-hybridized carbons (Fsp3) is 0.714. The topological polar surface area (TPSA) is 0 Å². The summed E-state index contributed by atoms with van der Waals surface area (Å²) in [6.45, 7) is 4.45. The van der Waals surface area contributed by atoms with E-state index >= 15 is 0 Å². The lowest BCUT2D eigenvalue weighted by atomic mass is 9.61. The number of hydrogen-bond donors (Lipinski definition) is 0. The molecule has 3 aliphatic rings. The zero-order valence-electron chi connectivity index (χ0n) is 18.5. The fourth-order valence-corrected chi connectivity index (χ4v) is 6.89. The lowest BCUT2D eigenvalue weighted by Gasteiger charge is -2.45. The SMILES string of the molecule is C/C=C/CC[C@@H]1CC[C@@H]2CC(C3CCc4cc(CCC)ccc4C3)CCC2C1. The van der Waals surface area contributed by atoms with Crippen molar-refractivity contribution in [3.8, 4) is 0 Å². The lowest BCUT2D eigenvalue weighted by molar-refractivity contribution is 0.0699. The third-order valence-electron chi connectivity index (χ3n) is 8.48. The smallest absolute Gasteiger partial charge is 0.0245 e. The Hall–Kier alpha value is -1.04. The molecular weight excluding hydrogens is 336 g/mol. The van der Waals surface area contributed by atoms with Crippen LogP contribution in [0.15, 0.2) is 30.4 Å². The standard InChI is InChI=1S/C28H42/c1-3-5-6-8-22-10-12-26-20-28(16-14-24(26)18-22)27-15-13-23-17-21(7-4-2)9-11-25(23)19-27/h3,5,9,11,17,22,24,26-28H,4,6-8,10,12-16,18-20H2,1-2H3/b5-3+/t22-,24?,26-,27?,28?/m1/s1. The lowest BCUT2D eigenvalue weighted by Crippen LogP contribution is -2.35. The summed E-state index contributed by atoms with van der Waals surface area (Å²) in [7, 11) is 0. The highest BCUT2D eigenvalue weighted by Crippen LogP contribution is 2.49. The molecule has 0 spiro atoms. The van der Waals surface area contributed by atoms with E-state index in [0.29, 0.717) is 0 Å². The molecule has 5 atom stereocenters. The summed E-state index contributed by atoms with van der Waals surface area (Å²) in [6, 6.07) is 7.42. The molecule has 0 amide bonds. The van der Waals surface area contributed by atoms with Gasteiger partial charge in [-0.1, -0.05) is 50.1 Å². The van der Waals surface area contributed by atoms with Crippen molar-refractivity contribution in [3.63, 3.8) is 0 Å². The van der Waals surface area contributed by atoms with Gasteiger partial charge in [0.15, 0.2) is 0 Å². The average molecular weight is 379 g/mol. The Morgan fingerprint density at radius 3 is 2.50 bits per heavy atom. The van der Waals surface area contributed by atoms with E-state index in [2.05, 4.69) is 44.2 Å². The van der Waals surface area contributed by atoms with Crippen LogP contribution < -0.4 is 0 Å². The monoisotopic (exact) mass is 378 g/mol. The Morgan fingerprint density at radius 1 is 0.893 bits per heavy atom. The van der Waals surface area contributed by atoms with Crippen LogP contribution in [0, 0.1) is 29.6 Å². The minimum Gasteiger partial charge on any atom is -0.0917 e. The minimum atomic E-state index is 0.970. The fourth-order valence-electron chi connectivity index (χ4n) is 6.89. The highest BCUT2D eigenvalue weighted by molar-refractivity contribution is 5.34. The van der Waals surface area contributed by atoms with Gasteiger partial charge in [0.1, 0.15) is 0 Å². The molecule has 3 unspecified atom stereocenters. The number of aryl methyl sites for hydroxylation is 2. The second-order valence-electron chi connectivity index (χ2n) is 10.3. The Bertz CT molecular complexity index is 654. The van der Waals surface area contributed by atoms with Crippen molar-refractivity contribution in [1.82, 2.24) is 0 Å². The van der Waals surface area contributed by atoms with Gasteiger partial charge in [-0.05, 0) is 124 Å². The summed E-state index contributed by atoms with van der Waals surface area (Å²) >= 11 is 0. The van der Waals surface area contributed by atoms with Crippen LogP contribution in [0.1, 0.15) is 94.7 Å². The summed E-state index contributed by atoms with van der Waals surface area (Å²) in [4.78, 5) is 0. The van der Waals surface area contributed by atoms with E-state index in [0.717, 1.165) is 29.6 Å². The molecular formula is C28H42. The van der Waals surface area contributed by atoms with E-state index in [1.807, 2.05) is 0 Å². The van der Waals surface area contributed by atoms with Crippen molar-refractivity contribution in [2.24, 2.45) is 29.6 Å². The maximum atomic E-state index is 2.53. The predicted molar refractivity (Wildman–Crippen MR) is 122 cm³/mol. The maximum absolute atomic E-state index is 2.53. The average Bonchev–Trinajstić information content (AvgIpc) is 2.73. The van der Waals surface area contributed by atoms with Gasteiger partial charge in [0.05, 0.1) is 0 Å². The van der Waals surface area contributed by atoms with Crippen LogP contribution >= 0.6 is 0 Å². The third kappa shape index (κ3) is 4.74. The van der Waals surface area contributed by atoms with Crippen LogP contribution in [-0.2, 0) is 19.3 Å². The molecule has 0 N–H and O–H groups in total. The molecule has 2 fully saturated rings. The molecule has 0 bridgehead atoms. The molecule has 2 saturated carbocycles. The van der Waals surface area contributed by atoms with E-state index < -0.39 is 0 Å². The first-order valence-corrected chi connectivity index (χ1v) is 12.5. The number of allylic oxidation sites excluding steroid dienone is 2. The van der Waals surface area contributed by atoms with Gasteiger partial charge in [-0.25, -0.2) is 0 Å². The van der Waals surface area contributed by atoms with Gasteiger partial charge in [-0.3, -0.25) is 0 Å². The van der Waals surface area contributed by atoms with Crippen LogP contribution in [0.3, 0.4) is 0 Å². The zero-order valence-corrected chi connectivity index (χ0v) is 18.5. The summed E-state index contributed by atoms with van der Waals surface area (Å²) in [6.07, 6.45) is 23.2. The molecule has 1 aromatic carbocycles. The molecule has 0 radical (unpaired) electrons. The van der Waals surface area contributed by atoms with Gasteiger partial charge in [-0.15, -0.1) is 0 Å². The van der Waals surface area contributed by atoms with Gasteiger partial charge >= 0.3 is 0 Å². The molecule has 0 heterocycles. The summed E-state index contributed by atoms with van der Waals surface area (Å²) in [5.41, 5.74) is 4.93. The Balaban J connectivity index is 1.30. The van der Waals surface area contributed by atoms with E-state index in [1.54, 1.807) is 29.5 Å². The molecule has 4 rings (SSSR count). The minimum absolute atomic E-state index is 0.970. The van der Waals surface area contributed by atoms with Gasteiger partial charge in [-0.2, -0.15) is 0 Å². The molecule has 0 saturated heterocycles. The third-order valence-corrected chi connectivity index (χ3v) is 8.48. The van der Waals surface area contributed by atoms with Gasteiger partial charge in [0.2, 0.25) is 0 Å². The summed E-state index contributed by atoms with van der Waals surface area (Å²) < 4.78 is 0. The molecule has 0 aromatic heterocycles. The summed E-state index contributed by atoms with van der Waals surface area (Å²) in [5.74, 6) is 5.13. The maximum Gasteiger partial charge on any atom is -0.0245 e. The highest BCUT2D eigenvalue weighted by atomic mass is 14.4. The first-order chi connectivity index (χ1) is 13.8. The number of fused-ring (bicyclic) bond motifs is 2. The van der Waals surface area contributed by atoms with Crippen molar-refractivity contribution >= 4 is 0 Å². The van der Waals surface area contributed by atoms with Gasteiger partial charge < -0.3 is 0 Å². The van der Waals surface area contributed by atoms with Crippen LogP contribution in [-0.4, -0.2) is 0 Å². The number of hydrogen-bond acceptors (Lipinski definition) is 0. The Labute approximate surface area is 174 Å². The largest absolute Gasteiger partial charge is 0.0917 e. The van der Waals surface area contributed by atoms with Gasteiger partial charge in [0.25, 0.3) is 0 Å². The Kier molecular flexibility index (Phi) is 6.97. The molecule has 3 aliphatic carbocycles. The molecule has 154 valence electrons. The van der Waals surface area contributed by atoms with Crippen molar-refractivity contribution in [2.45, 2.75) is 97.3 Å². The molecule has 1 aromatic rings. The zero-order chi connectivity index (χ0) is 19.3. The van der Waals surface area contributed by atoms with Crippen molar-refractivity contribution < 1.29 is 0 Å². The van der Waals surface area contributed by atoms with E-state index in [1.165, 1.54) is 70.6 Å². The van der Waals surface area contributed by atoms with Crippen molar-refractivity contribution in [3.05, 3.63) is 47.0 Å². The van der Waals surface area contributed by atoms with Crippen LogP contribution in [0.4, 0.5) is 0 Å². The summed E-state index contributed by atoms with van der Waals surface area (Å²) in [5, 5.41) is 0. The van der Waals surface area contributed by atoms with E-state index in [9.17, 15) is 0 Å². The van der Waals surface area contributed by atoms with Crippen LogP contribution in [0.2, 0.25) is 0 Å². The van der Waals surface area contributed by atoms with E-state index in [-0.39, 0.29) is 0 Å². The molecule has 0 aliphatic heterocycles. The number of rotatable bonds is 6.